The predicted molar refractivity (Wildman–Crippen MR) is 83.2 cm³/mol. The highest BCUT2D eigenvalue weighted by molar-refractivity contribution is 5.64. The maximum absolute atomic E-state index is 11.1. The topological polar surface area (TPSA) is 76.9 Å². The molecule has 7 heteroatoms. The molecule has 0 amide bonds. The number of rotatable bonds is 10. The quantitative estimate of drug-likeness (QED) is 0.526. The monoisotopic (exact) mass is 297 g/mol. The third-order valence-electron chi connectivity index (χ3n) is 2.99. The van der Waals surface area contributed by atoms with Crippen LogP contribution in [0.3, 0.4) is 0 Å². The summed E-state index contributed by atoms with van der Waals surface area (Å²) in [6, 6.07) is 5.02. The summed E-state index contributed by atoms with van der Waals surface area (Å²) in [7, 11) is 3.26. The molecule has 0 aliphatic carbocycles. The zero-order chi connectivity index (χ0) is 15.7. The third-order valence-corrected chi connectivity index (χ3v) is 2.99. The lowest BCUT2D eigenvalue weighted by Gasteiger charge is -2.24. The molecule has 0 heterocycles. The van der Waals surface area contributed by atoms with Gasteiger partial charge in [0.2, 0.25) is 0 Å². The Balaban J connectivity index is 3.05. The fourth-order valence-corrected chi connectivity index (χ4v) is 1.96. The second kappa shape index (κ2) is 9.15. The summed E-state index contributed by atoms with van der Waals surface area (Å²) in [5, 5.41) is 14.2. The number of nitro benzene ring substituents is 1. The summed E-state index contributed by atoms with van der Waals surface area (Å²) in [5.74, 6) is 0. The first-order chi connectivity index (χ1) is 10.1. The number of nitro groups is 1. The molecule has 1 N–H and O–H groups in total. The van der Waals surface area contributed by atoms with Crippen molar-refractivity contribution in [1.29, 1.82) is 0 Å². The minimum absolute atomic E-state index is 0.0725. The van der Waals surface area contributed by atoms with E-state index in [9.17, 15) is 10.1 Å². The maximum atomic E-state index is 11.1. The van der Waals surface area contributed by atoms with Gasteiger partial charge in [0, 0.05) is 57.4 Å². The third kappa shape index (κ3) is 5.57. The lowest BCUT2D eigenvalue weighted by molar-refractivity contribution is -0.384. The molecule has 21 heavy (non-hydrogen) atoms. The predicted octanol–water partition coefficient (Wildman–Crippen LogP) is 2.13. The number of nitrogens with zero attached hydrogens (tertiary/aromatic N) is 2. The Labute approximate surface area is 125 Å². The smallest absolute Gasteiger partial charge is 0.273 e. The maximum Gasteiger partial charge on any atom is 0.273 e. The summed E-state index contributed by atoms with van der Waals surface area (Å²) in [4.78, 5) is 12.7. The van der Waals surface area contributed by atoms with Crippen molar-refractivity contribution in [3.05, 3.63) is 28.3 Å². The molecular formula is C14H23N3O4. The van der Waals surface area contributed by atoms with E-state index in [0.717, 1.165) is 11.4 Å². The van der Waals surface area contributed by atoms with Gasteiger partial charge in [0.05, 0.1) is 18.1 Å². The molecule has 1 rings (SSSR count). The summed E-state index contributed by atoms with van der Waals surface area (Å²) in [6.07, 6.45) is 0. The van der Waals surface area contributed by atoms with Gasteiger partial charge in [-0.1, -0.05) is 0 Å². The lowest BCUT2D eigenvalue weighted by atomic mass is 10.2. The number of non-ortho nitro benzene ring substituents is 1. The second-order valence-electron chi connectivity index (χ2n) is 4.50. The molecule has 0 spiro atoms. The molecule has 0 aliphatic heterocycles. The fraction of sp³-hybridized carbons (Fsp3) is 0.571. The zero-order valence-corrected chi connectivity index (χ0v) is 12.8. The number of nitrogens with one attached hydrogen (secondary N) is 1. The van der Waals surface area contributed by atoms with E-state index >= 15 is 0 Å². The van der Waals surface area contributed by atoms with Gasteiger partial charge in [-0.2, -0.15) is 0 Å². The minimum atomic E-state index is -0.380. The van der Waals surface area contributed by atoms with Crippen LogP contribution in [0.25, 0.3) is 0 Å². The van der Waals surface area contributed by atoms with E-state index in [1.54, 1.807) is 20.3 Å². The van der Waals surface area contributed by atoms with Gasteiger partial charge in [-0.05, 0) is 13.0 Å². The van der Waals surface area contributed by atoms with Gasteiger partial charge in [-0.3, -0.25) is 10.1 Å². The molecule has 7 nitrogen and oxygen atoms in total. The summed E-state index contributed by atoms with van der Waals surface area (Å²) in [6.45, 7) is 5.04. The molecule has 0 bridgehead atoms. The van der Waals surface area contributed by atoms with Gasteiger partial charge in [0.25, 0.3) is 5.69 Å². The fourth-order valence-electron chi connectivity index (χ4n) is 1.96. The van der Waals surface area contributed by atoms with E-state index in [-0.39, 0.29) is 10.6 Å². The van der Waals surface area contributed by atoms with Crippen molar-refractivity contribution >= 4 is 17.1 Å². The lowest BCUT2D eigenvalue weighted by Crippen LogP contribution is -2.30. The van der Waals surface area contributed by atoms with Crippen LogP contribution in [0.4, 0.5) is 17.1 Å². The molecule has 1 aromatic carbocycles. The Hall–Kier alpha value is -1.86. The van der Waals surface area contributed by atoms with E-state index in [1.165, 1.54) is 6.07 Å². The van der Waals surface area contributed by atoms with Crippen LogP contribution in [0.1, 0.15) is 6.92 Å². The minimum Gasteiger partial charge on any atom is -0.385 e. The summed E-state index contributed by atoms with van der Waals surface area (Å²) in [5.41, 5.74) is 1.60. The van der Waals surface area contributed by atoms with E-state index in [1.807, 2.05) is 17.9 Å². The summed E-state index contributed by atoms with van der Waals surface area (Å²) >= 11 is 0. The van der Waals surface area contributed by atoms with Crippen LogP contribution >= 0.6 is 0 Å². The van der Waals surface area contributed by atoms with Crippen molar-refractivity contribution in [1.82, 2.24) is 0 Å². The Morgan fingerprint density at radius 2 is 1.81 bits per heavy atom. The standard InChI is InChI=1S/C14H23N3O4/c1-4-15-12-9-13(11-14(10-12)17(18)19)16(5-7-20-2)6-8-21-3/h9-11,15H,4-8H2,1-3H3. The number of hydrogen-bond acceptors (Lipinski definition) is 6. The van der Waals surface area contributed by atoms with Gasteiger partial charge in [0.15, 0.2) is 0 Å². The van der Waals surface area contributed by atoms with Crippen molar-refractivity contribution in [3.63, 3.8) is 0 Å². The molecule has 0 saturated heterocycles. The van der Waals surface area contributed by atoms with Gasteiger partial charge in [-0.15, -0.1) is 0 Å². The van der Waals surface area contributed by atoms with Crippen LogP contribution < -0.4 is 10.2 Å². The van der Waals surface area contributed by atoms with Gasteiger partial charge in [-0.25, -0.2) is 0 Å². The highest BCUT2D eigenvalue weighted by Gasteiger charge is 2.14. The average Bonchev–Trinajstić information content (AvgIpc) is 2.47. The molecule has 0 radical (unpaired) electrons. The molecule has 0 aliphatic rings. The molecule has 0 unspecified atom stereocenters. The Kier molecular flexibility index (Phi) is 7.49. The van der Waals surface area contributed by atoms with E-state index in [4.69, 9.17) is 9.47 Å². The van der Waals surface area contributed by atoms with E-state index in [2.05, 4.69) is 5.32 Å². The van der Waals surface area contributed by atoms with Crippen LogP contribution in [0.15, 0.2) is 18.2 Å². The highest BCUT2D eigenvalue weighted by Crippen LogP contribution is 2.27. The molecule has 1 aromatic rings. The van der Waals surface area contributed by atoms with Crippen LogP contribution in [-0.4, -0.2) is 52.0 Å². The molecule has 0 atom stereocenters. The van der Waals surface area contributed by atoms with Crippen LogP contribution in [0.2, 0.25) is 0 Å². The second-order valence-corrected chi connectivity index (χ2v) is 4.50. The van der Waals surface area contributed by atoms with Crippen molar-refractivity contribution in [2.75, 3.05) is 57.3 Å². The molecule has 0 saturated carbocycles. The van der Waals surface area contributed by atoms with Gasteiger partial charge < -0.3 is 19.7 Å². The van der Waals surface area contributed by atoms with Gasteiger partial charge >= 0.3 is 0 Å². The first-order valence-electron chi connectivity index (χ1n) is 6.88. The molecule has 0 aromatic heterocycles. The van der Waals surface area contributed by atoms with E-state index < -0.39 is 0 Å². The Bertz CT molecular complexity index is 446. The summed E-state index contributed by atoms with van der Waals surface area (Å²) < 4.78 is 10.2. The van der Waals surface area contributed by atoms with Gasteiger partial charge in [0.1, 0.15) is 0 Å². The van der Waals surface area contributed by atoms with Crippen LogP contribution in [-0.2, 0) is 9.47 Å². The van der Waals surface area contributed by atoms with Crippen LogP contribution in [0.5, 0.6) is 0 Å². The first-order valence-corrected chi connectivity index (χ1v) is 6.88. The highest BCUT2D eigenvalue weighted by atomic mass is 16.6. The van der Waals surface area contributed by atoms with Crippen LogP contribution in [0, 0.1) is 10.1 Å². The normalized spacial score (nSPS) is 10.4. The number of anilines is 2. The zero-order valence-electron chi connectivity index (χ0n) is 12.8. The van der Waals surface area contributed by atoms with Crippen molar-refractivity contribution in [2.24, 2.45) is 0 Å². The number of methoxy groups -OCH3 is 2. The first kappa shape index (κ1) is 17.2. The Morgan fingerprint density at radius 1 is 1.19 bits per heavy atom. The van der Waals surface area contributed by atoms with Crippen molar-refractivity contribution in [3.8, 4) is 0 Å². The average molecular weight is 297 g/mol. The molecule has 118 valence electrons. The van der Waals surface area contributed by atoms with Crippen molar-refractivity contribution in [2.45, 2.75) is 6.92 Å². The van der Waals surface area contributed by atoms with Crippen molar-refractivity contribution < 1.29 is 14.4 Å². The largest absolute Gasteiger partial charge is 0.385 e. The van der Waals surface area contributed by atoms with E-state index in [0.29, 0.717) is 32.8 Å². The SMILES string of the molecule is CCNc1cc(N(CCOC)CCOC)cc([N+](=O)[O-])c1. The molecule has 0 fully saturated rings. The number of hydrogen-bond donors (Lipinski definition) is 1. The molecular weight excluding hydrogens is 274 g/mol. The Morgan fingerprint density at radius 3 is 2.29 bits per heavy atom. The number of benzene rings is 1. The number of ether oxygens (including phenoxy) is 2.